The third kappa shape index (κ3) is 4.63. The molecule has 1 fully saturated rings. The summed E-state index contributed by atoms with van der Waals surface area (Å²) in [6, 6.07) is -0.313. The van der Waals surface area contributed by atoms with Crippen molar-refractivity contribution in [2.24, 2.45) is 0 Å². The van der Waals surface area contributed by atoms with Crippen molar-refractivity contribution >= 4 is 43.6 Å². The number of hydrogen-bond donors (Lipinski definition) is 2. The average Bonchev–Trinajstić information content (AvgIpc) is 3.35. The molecule has 0 unspecified atom stereocenters. The number of thiophene rings is 1. The van der Waals surface area contributed by atoms with Gasteiger partial charge in [0.15, 0.2) is 5.82 Å². The van der Waals surface area contributed by atoms with Crippen molar-refractivity contribution in [3.63, 3.8) is 0 Å². The minimum Gasteiger partial charge on any atom is -0.444 e. The molecular formula is C19H24BrN7O4S. The number of rotatable bonds is 4. The number of hydrogen-bond acceptors (Lipinski definition) is 8. The molecule has 1 amide bonds. The van der Waals surface area contributed by atoms with Crippen LogP contribution in [0.3, 0.4) is 0 Å². The highest BCUT2D eigenvalue weighted by atomic mass is 79.9. The number of amides is 1. The molecule has 0 saturated heterocycles. The van der Waals surface area contributed by atoms with Gasteiger partial charge in [-0.15, -0.1) is 21.5 Å². The lowest BCUT2D eigenvalue weighted by Gasteiger charge is -2.31. The van der Waals surface area contributed by atoms with Crippen molar-refractivity contribution in [1.82, 2.24) is 35.1 Å². The minimum atomic E-state index is -0.567. The predicted molar refractivity (Wildman–Crippen MR) is 122 cm³/mol. The Morgan fingerprint density at radius 3 is 2.66 bits per heavy atom. The molecule has 1 aliphatic rings. The molecule has 2 N–H and O–H groups in total. The Hall–Kier alpha value is -2.54. The normalized spacial score (nSPS) is 19.2. The number of aromatic amines is 1. The van der Waals surface area contributed by atoms with Crippen molar-refractivity contribution in [3.8, 4) is 0 Å². The number of H-pyrrole nitrogens is 1. The number of nitrogens with zero attached hydrogens (tertiary/aromatic N) is 5. The number of fused-ring (bicyclic) bond motifs is 1. The van der Waals surface area contributed by atoms with E-state index in [1.165, 1.54) is 20.5 Å². The summed E-state index contributed by atoms with van der Waals surface area (Å²) >= 11 is 4.74. The van der Waals surface area contributed by atoms with Gasteiger partial charge in [-0.25, -0.2) is 9.59 Å². The van der Waals surface area contributed by atoms with Crippen LogP contribution in [-0.2, 0) is 11.3 Å². The predicted octanol–water partition coefficient (Wildman–Crippen LogP) is 2.56. The Morgan fingerprint density at radius 2 is 2.03 bits per heavy atom. The zero-order chi connectivity index (χ0) is 23.0. The SMILES string of the molecule is CC(C)(C)OC(=O)NC1CCC(n2c(=O)c3scc(Br)c3n(Cc3nn[nH]n3)c2=O)CC1. The first-order valence-electron chi connectivity index (χ1n) is 10.3. The van der Waals surface area contributed by atoms with E-state index in [1.807, 2.05) is 20.8 Å². The maximum atomic E-state index is 13.4. The smallest absolute Gasteiger partial charge is 0.407 e. The van der Waals surface area contributed by atoms with Gasteiger partial charge in [-0.3, -0.25) is 13.9 Å². The molecule has 3 aromatic heterocycles. The van der Waals surface area contributed by atoms with Crippen LogP contribution >= 0.6 is 27.3 Å². The molecule has 0 radical (unpaired) electrons. The van der Waals surface area contributed by atoms with Gasteiger partial charge >= 0.3 is 11.8 Å². The van der Waals surface area contributed by atoms with E-state index < -0.39 is 17.4 Å². The van der Waals surface area contributed by atoms with E-state index in [2.05, 4.69) is 41.9 Å². The molecule has 0 bridgehead atoms. The number of tetrazole rings is 1. The van der Waals surface area contributed by atoms with E-state index in [4.69, 9.17) is 4.74 Å². The molecule has 1 saturated carbocycles. The fraction of sp³-hybridized carbons (Fsp3) is 0.579. The van der Waals surface area contributed by atoms with Gasteiger partial charge in [0.1, 0.15) is 10.3 Å². The Kier molecular flexibility index (Phi) is 6.21. The number of nitrogens with one attached hydrogen (secondary N) is 2. The molecule has 32 heavy (non-hydrogen) atoms. The van der Waals surface area contributed by atoms with E-state index in [1.54, 1.807) is 5.38 Å². The molecule has 13 heteroatoms. The Labute approximate surface area is 195 Å². The number of aromatic nitrogens is 6. The highest BCUT2D eigenvalue weighted by Crippen LogP contribution is 2.30. The molecule has 0 atom stereocenters. The third-order valence-electron chi connectivity index (χ3n) is 5.31. The van der Waals surface area contributed by atoms with Crippen LogP contribution in [-0.4, -0.2) is 47.5 Å². The Balaban J connectivity index is 1.60. The molecule has 1 aliphatic carbocycles. The van der Waals surface area contributed by atoms with E-state index in [0.29, 0.717) is 46.2 Å². The quantitative estimate of drug-likeness (QED) is 0.533. The minimum absolute atomic E-state index is 0.0574. The second-order valence-corrected chi connectivity index (χ2v) is 10.5. The van der Waals surface area contributed by atoms with Gasteiger partial charge in [-0.1, -0.05) is 5.21 Å². The number of halogens is 1. The number of ether oxygens (including phenoxy) is 1. The van der Waals surface area contributed by atoms with E-state index in [9.17, 15) is 14.4 Å². The second-order valence-electron chi connectivity index (χ2n) is 8.78. The zero-order valence-electron chi connectivity index (χ0n) is 17.9. The van der Waals surface area contributed by atoms with Crippen molar-refractivity contribution in [2.45, 2.75) is 70.7 Å². The molecule has 172 valence electrons. The van der Waals surface area contributed by atoms with Crippen LogP contribution in [0.2, 0.25) is 0 Å². The highest BCUT2D eigenvalue weighted by Gasteiger charge is 2.29. The van der Waals surface area contributed by atoms with E-state index >= 15 is 0 Å². The molecule has 0 aliphatic heterocycles. The number of carbonyl (C=O) groups excluding carboxylic acids is 1. The lowest BCUT2D eigenvalue weighted by molar-refractivity contribution is 0.0487. The molecular weight excluding hydrogens is 502 g/mol. The lowest BCUT2D eigenvalue weighted by Crippen LogP contribution is -2.45. The van der Waals surface area contributed by atoms with Crippen LogP contribution in [0.15, 0.2) is 19.4 Å². The van der Waals surface area contributed by atoms with Gasteiger partial charge in [0.2, 0.25) is 0 Å². The summed E-state index contributed by atoms with van der Waals surface area (Å²) in [6.07, 6.45) is 2.02. The van der Waals surface area contributed by atoms with E-state index in [0.717, 1.165) is 0 Å². The monoisotopic (exact) mass is 525 g/mol. The molecule has 11 nitrogen and oxygen atoms in total. The van der Waals surface area contributed by atoms with Crippen molar-refractivity contribution < 1.29 is 9.53 Å². The van der Waals surface area contributed by atoms with Crippen LogP contribution in [0.4, 0.5) is 4.79 Å². The molecule has 3 aromatic rings. The largest absolute Gasteiger partial charge is 0.444 e. The van der Waals surface area contributed by atoms with Crippen molar-refractivity contribution in [1.29, 1.82) is 0 Å². The Morgan fingerprint density at radius 1 is 1.31 bits per heavy atom. The molecule has 3 heterocycles. The maximum Gasteiger partial charge on any atom is 0.407 e. The number of alkyl carbamates (subject to hydrolysis) is 1. The molecule has 0 spiro atoms. The van der Waals surface area contributed by atoms with Gasteiger partial charge in [0, 0.05) is 17.5 Å². The summed E-state index contributed by atoms with van der Waals surface area (Å²) < 4.78 is 9.34. The average molecular weight is 526 g/mol. The summed E-state index contributed by atoms with van der Waals surface area (Å²) in [7, 11) is 0. The molecule has 4 rings (SSSR count). The highest BCUT2D eigenvalue weighted by molar-refractivity contribution is 9.10. The summed E-state index contributed by atoms with van der Waals surface area (Å²) in [5.74, 6) is 0.349. The van der Waals surface area contributed by atoms with Crippen molar-refractivity contribution in [2.75, 3.05) is 0 Å². The van der Waals surface area contributed by atoms with Crippen LogP contribution in [0.25, 0.3) is 10.2 Å². The fourth-order valence-corrected chi connectivity index (χ4v) is 5.66. The van der Waals surface area contributed by atoms with Gasteiger partial charge in [-0.05, 0) is 62.4 Å². The van der Waals surface area contributed by atoms with Gasteiger partial charge in [0.25, 0.3) is 5.56 Å². The first-order chi connectivity index (χ1) is 15.1. The topological polar surface area (TPSA) is 137 Å². The van der Waals surface area contributed by atoms with Gasteiger partial charge in [0.05, 0.1) is 16.5 Å². The second kappa shape index (κ2) is 8.77. The third-order valence-corrected chi connectivity index (χ3v) is 7.18. The Bertz CT molecular complexity index is 1230. The summed E-state index contributed by atoms with van der Waals surface area (Å²) in [4.78, 5) is 38.7. The molecule has 0 aromatic carbocycles. The fourth-order valence-electron chi connectivity index (χ4n) is 3.97. The summed E-state index contributed by atoms with van der Waals surface area (Å²) in [5, 5.41) is 18.5. The summed E-state index contributed by atoms with van der Waals surface area (Å²) in [5.41, 5.74) is -0.738. The van der Waals surface area contributed by atoms with Gasteiger partial charge < -0.3 is 10.1 Å². The first kappa shape index (κ1) is 22.6. The zero-order valence-corrected chi connectivity index (χ0v) is 20.3. The van der Waals surface area contributed by atoms with Crippen molar-refractivity contribution in [3.05, 3.63) is 36.5 Å². The maximum absolute atomic E-state index is 13.4. The van der Waals surface area contributed by atoms with Crippen LogP contribution < -0.4 is 16.6 Å². The van der Waals surface area contributed by atoms with Crippen LogP contribution in [0.5, 0.6) is 0 Å². The number of carbonyl (C=O) groups is 1. The standard InChI is InChI=1S/C19H24BrN7O4S/c1-19(2,3)31-17(29)21-10-4-6-11(7-5-10)27-16(28)15-14(12(20)9-32-15)26(18(27)30)8-13-22-24-25-23-13/h9-11H,4-8H2,1-3H3,(H,21,29)(H,22,23,24,25). The first-order valence-corrected chi connectivity index (χ1v) is 11.9. The van der Waals surface area contributed by atoms with Gasteiger partial charge in [-0.2, -0.15) is 5.21 Å². The summed E-state index contributed by atoms with van der Waals surface area (Å²) in [6.45, 7) is 5.54. The van der Waals surface area contributed by atoms with Crippen LogP contribution in [0, 0.1) is 0 Å². The lowest BCUT2D eigenvalue weighted by atomic mass is 9.91. The van der Waals surface area contributed by atoms with Crippen LogP contribution in [0.1, 0.15) is 58.3 Å². The van der Waals surface area contributed by atoms with E-state index in [-0.39, 0.29) is 24.2 Å².